The third-order valence-corrected chi connectivity index (χ3v) is 2.85. The Morgan fingerprint density at radius 2 is 2.18 bits per heavy atom. The van der Waals surface area contributed by atoms with Crippen LogP contribution in [0.5, 0.6) is 0 Å². The molecule has 90 valence electrons. The fourth-order valence-electron chi connectivity index (χ4n) is 1.61. The highest BCUT2D eigenvalue weighted by Crippen LogP contribution is 2.27. The number of para-hydroxylation sites is 1. The Morgan fingerprint density at radius 1 is 1.41 bits per heavy atom. The molecule has 1 aromatic heterocycles. The number of nitrogens with zero attached hydrogens (tertiary/aromatic N) is 1. The van der Waals surface area contributed by atoms with Crippen LogP contribution in [0, 0.1) is 0 Å². The van der Waals surface area contributed by atoms with Crippen LogP contribution in [0.1, 0.15) is 17.0 Å². The second kappa shape index (κ2) is 4.90. The summed E-state index contributed by atoms with van der Waals surface area (Å²) >= 11 is 5.99. The Labute approximate surface area is 105 Å². The summed E-state index contributed by atoms with van der Waals surface area (Å²) in [5, 5.41) is 1.40. The zero-order chi connectivity index (χ0) is 12.4. The minimum atomic E-state index is 0.00552. The van der Waals surface area contributed by atoms with Gasteiger partial charge in [0.15, 0.2) is 17.1 Å². The molecule has 0 amide bonds. The normalized spacial score (nSPS) is 11.3. The molecule has 0 spiro atoms. The lowest BCUT2D eigenvalue weighted by Crippen LogP contribution is -2.16. The number of carbonyl (C=O) groups excluding carboxylic acids is 1. The molecule has 0 aliphatic rings. The molecule has 17 heavy (non-hydrogen) atoms. The highest BCUT2D eigenvalue weighted by molar-refractivity contribution is 6.34. The van der Waals surface area contributed by atoms with Gasteiger partial charge in [0.25, 0.3) is 0 Å². The van der Waals surface area contributed by atoms with Crippen molar-refractivity contribution in [3.63, 3.8) is 0 Å². The van der Waals surface area contributed by atoms with Gasteiger partial charge in [0.1, 0.15) is 0 Å². The molecule has 0 unspecified atom stereocenters. The average Bonchev–Trinajstić information content (AvgIpc) is 2.71. The molecule has 3 nitrogen and oxygen atoms in total. The predicted molar refractivity (Wildman–Crippen MR) is 68.7 cm³/mol. The molecule has 4 heteroatoms. The smallest absolute Gasteiger partial charge is 0.199 e. The molecular weight excluding hydrogens is 238 g/mol. The Hall–Kier alpha value is -1.32. The fourth-order valence-corrected chi connectivity index (χ4v) is 1.83. The molecule has 0 fully saturated rings. The van der Waals surface area contributed by atoms with Crippen molar-refractivity contribution < 1.29 is 9.21 Å². The molecule has 0 bridgehead atoms. The van der Waals surface area contributed by atoms with E-state index in [0.717, 1.165) is 5.39 Å². The molecule has 2 aromatic rings. The standard InChI is InChI=1S/C13H14ClNO2/c1-15(2)7-6-11(16)12-8-9-4-3-5-10(14)13(9)17-12/h3-5,8H,6-7H2,1-2H3. The molecule has 1 heterocycles. The lowest BCUT2D eigenvalue weighted by molar-refractivity contribution is 0.0948. The Kier molecular flexibility index (Phi) is 3.50. The maximum absolute atomic E-state index is 11.9. The largest absolute Gasteiger partial charge is 0.451 e. The number of furan rings is 1. The molecule has 0 aliphatic carbocycles. The van der Waals surface area contributed by atoms with Crippen LogP contribution in [0.2, 0.25) is 5.02 Å². The van der Waals surface area contributed by atoms with Crippen LogP contribution in [0.4, 0.5) is 0 Å². The summed E-state index contributed by atoms with van der Waals surface area (Å²) in [4.78, 5) is 13.8. The minimum Gasteiger partial charge on any atom is -0.451 e. The van der Waals surface area contributed by atoms with Crippen LogP contribution in [0.25, 0.3) is 11.0 Å². The molecule has 0 radical (unpaired) electrons. The quantitative estimate of drug-likeness (QED) is 0.783. The fraction of sp³-hybridized carbons (Fsp3) is 0.308. The van der Waals surface area contributed by atoms with Crippen molar-refractivity contribution in [1.29, 1.82) is 0 Å². The summed E-state index contributed by atoms with van der Waals surface area (Å²) in [5.41, 5.74) is 0.586. The molecule has 2 rings (SSSR count). The average molecular weight is 252 g/mol. The van der Waals surface area contributed by atoms with Crippen molar-refractivity contribution in [2.24, 2.45) is 0 Å². The highest BCUT2D eigenvalue weighted by atomic mass is 35.5. The molecule has 0 aliphatic heterocycles. The third-order valence-electron chi connectivity index (χ3n) is 2.56. The number of hydrogen-bond donors (Lipinski definition) is 0. The van der Waals surface area contributed by atoms with Crippen molar-refractivity contribution in [3.8, 4) is 0 Å². The summed E-state index contributed by atoms with van der Waals surface area (Å²) in [6, 6.07) is 7.22. The van der Waals surface area contributed by atoms with Gasteiger partial charge in [0, 0.05) is 18.4 Å². The van der Waals surface area contributed by atoms with E-state index >= 15 is 0 Å². The Balaban J connectivity index is 2.24. The van der Waals surface area contributed by atoms with Gasteiger partial charge in [-0.2, -0.15) is 0 Å². The van der Waals surface area contributed by atoms with Crippen LogP contribution in [-0.2, 0) is 0 Å². The van der Waals surface area contributed by atoms with Gasteiger partial charge >= 0.3 is 0 Å². The van der Waals surface area contributed by atoms with E-state index in [9.17, 15) is 4.79 Å². The number of rotatable bonds is 4. The Bertz CT molecular complexity index is 545. The van der Waals surface area contributed by atoms with E-state index in [1.165, 1.54) is 0 Å². The minimum absolute atomic E-state index is 0.00552. The number of Topliss-reactive ketones (excluding diaryl/α,β-unsaturated/α-hetero) is 1. The van der Waals surface area contributed by atoms with Crippen molar-refractivity contribution in [2.45, 2.75) is 6.42 Å². The number of halogens is 1. The lowest BCUT2D eigenvalue weighted by Gasteiger charge is -2.06. The molecule has 0 saturated carbocycles. The first-order chi connectivity index (χ1) is 8.08. The van der Waals surface area contributed by atoms with Crippen LogP contribution < -0.4 is 0 Å². The van der Waals surface area contributed by atoms with Gasteiger partial charge in [-0.25, -0.2) is 0 Å². The monoisotopic (exact) mass is 251 g/mol. The van der Waals surface area contributed by atoms with E-state index in [1.807, 2.05) is 31.1 Å². The number of hydrogen-bond acceptors (Lipinski definition) is 3. The SMILES string of the molecule is CN(C)CCC(=O)c1cc2cccc(Cl)c2o1. The maximum atomic E-state index is 11.9. The van der Waals surface area contributed by atoms with Crippen LogP contribution in [0.3, 0.4) is 0 Å². The van der Waals surface area contributed by atoms with Gasteiger partial charge in [0.05, 0.1) is 5.02 Å². The number of benzene rings is 1. The van der Waals surface area contributed by atoms with E-state index in [4.69, 9.17) is 16.0 Å². The van der Waals surface area contributed by atoms with Gasteiger partial charge < -0.3 is 9.32 Å². The lowest BCUT2D eigenvalue weighted by atomic mass is 10.2. The second-order valence-electron chi connectivity index (χ2n) is 4.25. The second-order valence-corrected chi connectivity index (χ2v) is 4.65. The highest BCUT2D eigenvalue weighted by Gasteiger charge is 2.13. The van der Waals surface area contributed by atoms with E-state index < -0.39 is 0 Å². The first-order valence-corrected chi connectivity index (χ1v) is 5.81. The topological polar surface area (TPSA) is 33.5 Å². The van der Waals surface area contributed by atoms with Gasteiger partial charge in [0.2, 0.25) is 0 Å². The summed E-state index contributed by atoms with van der Waals surface area (Å²) in [7, 11) is 3.87. The molecule has 0 atom stereocenters. The summed E-state index contributed by atoms with van der Waals surface area (Å²) in [6.45, 7) is 0.712. The summed E-state index contributed by atoms with van der Waals surface area (Å²) in [6.07, 6.45) is 0.449. The van der Waals surface area contributed by atoms with Gasteiger partial charge in [-0.15, -0.1) is 0 Å². The summed E-state index contributed by atoms with van der Waals surface area (Å²) in [5.74, 6) is 0.390. The van der Waals surface area contributed by atoms with E-state index in [-0.39, 0.29) is 5.78 Å². The van der Waals surface area contributed by atoms with Gasteiger partial charge in [-0.1, -0.05) is 23.7 Å². The van der Waals surface area contributed by atoms with Crippen molar-refractivity contribution in [1.82, 2.24) is 4.90 Å². The zero-order valence-electron chi connectivity index (χ0n) is 9.87. The van der Waals surface area contributed by atoms with Crippen molar-refractivity contribution in [2.75, 3.05) is 20.6 Å². The summed E-state index contributed by atoms with van der Waals surface area (Å²) < 4.78 is 5.49. The number of ketones is 1. The third kappa shape index (κ3) is 2.68. The van der Waals surface area contributed by atoms with Crippen LogP contribution in [-0.4, -0.2) is 31.3 Å². The Morgan fingerprint density at radius 3 is 2.82 bits per heavy atom. The maximum Gasteiger partial charge on any atom is 0.199 e. The van der Waals surface area contributed by atoms with E-state index in [1.54, 1.807) is 12.1 Å². The molecular formula is C13H14ClNO2. The first-order valence-electron chi connectivity index (χ1n) is 5.44. The first kappa shape index (κ1) is 12.1. The van der Waals surface area contributed by atoms with Gasteiger partial charge in [-0.3, -0.25) is 4.79 Å². The van der Waals surface area contributed by atoms with Crippen LogP contribution >= 0.6 is 11.6 Å². The van der Waals surface area contributed by atoms with Crippen LogP contribution in [0.15, 0.2) is 28.7 Å². The molecule has 0 N–H and O–H groups in total. The molecule has 1 aromatic carbocycles. The van der Waals surface area contributed by atoms with Crippen molar-refractivity contribution in [3.05, 3.63) is 35.0 Å². The zero-order valence-corrected chi connectivity index (χ0v) is 10.6. The van der Waals surface area contributed by atoms with Gasteiger partial charge in [-0.05, 0) is 26.2 Å². The molecule has 0 saturated heterocycles. The van der Waals surface area contributed by atoms with E-state index in [2.05, 4.69) is 0 Å². The van der Waals surface area contributed by atoms with E-state index in [0.29, 0.717) is 29.3 Å². The number of fused-ring (bicyclic) bond motifs is 1. The van der Waals surface area contributed by atoms with Crippen molar-refractivity contribution >= 4 is 28.4 Å². The number of carbonyl (C=O) groups is 1. The predicted octanol–water partition coefficient (Wildman–Crippen LogP) is 3.22.